The molecule has 1 aromatic rings. The van der Waals surface area contributed by atoms with E-state index in [2.05, 4.69) is 0 Å². The van der Waals surface area contributed by atoms with Crippen LogP contribution in [0.15, 0.2) is 18.2 Å². The van der Waals surface area contributed by atoms with E-state index in [0.717, 1.165) is 12.0 Å². The van der Waals surface area contributed by atoms with Crippen LogP contribution in [0.25, 0.3) is 0 Å². The monoisotopic (exact) mass is 319 g/mol. The van der Waals surface area contributed by atoms with E-state index >= 15 is 0 Å². The van der Waals surface area contributed by atoms with Crippen molar-refractivity contribution in [1.29, 1.82) is 0 Å². The van der Waals surface area contributed by atoms with Crippen LogP contribution in [0.2, 0.25) is 0 Å². The molecule has 3 rings (SSSR count). The van der Waals surface area contributed by atoms with Gasteiger partial charge < -0.3 is 19.5 Å². The summed E-state index contributed by atoms with van der Waals surface area (Å²) >= 11 is 0. The molecule has 0 spiro atoms. The number of ether oxygens (including phenoxy) is 2. The average Bonchev–Trinajstić information content (AvgIpc) is 3.04. The maximum absolute atomic E-state index is 12.7. The van der Waals surface area contributed by atoms with Crippen LogP contribution in [-0.4, -0.2) is 47.7 Å². The highest BCUT2D eigenvalue weighted by molar-refractivity contribution is 5.86. The Balaban J connectivity index is 1.75. The fourth-order valence-corrected chi connectivity index (χ4v) is 3.34. The Labute approximate surface area is 135 Å². The number of carbonyl (C=O) groups is 2. The third-order valence-corrected chi connectivity index (χ3v) is 4.43. The van der Waals surface area contributed by atoms with Crippen LogP contribution in [0.1, 0.15) is 25.3 Å². The molecule has 0 aliphatic carbocycles. The van der Waals surface area contributed by atoms with Crippen LogP contribution < -0.4 is 9.47 Å². The molecule has 0 saturated carbocycles. The molecule has 1 amide bonds. The lowest BCUT2D eigenvalue weighted by Gasteiger charge is -2.30. The summed E-state index contributed by atoms with van der Waals surface area (Å²) in [5.41, 5.74) is 0.937. The molecular formula is C17H21NO5. The lowest BCUT2D eigenvalue weighted by Crippen LogP contribution is -2.46. The van der Waals surface area contributed by atoms with Crippen LogP contribution in [-0.2, 0) is 16.0 Å². The molecular weight excluding hydrogens is 298 g/mol. The fraction of sp³-hybridized carbons (Fsp3) is 0.529. The zero-order chi connectivity index (χ0) is 16.4. The van der Waals surface area contributed by atoms with Crippen molar-refractivity contribution in [3.8, 4) is 11.5 Å². The second-order valence-electron chi connectivity index (χ2n) is 5.92. The maximum Gasteiger partial charge on any atom is 0.326 e. The number of carboxylic acid groups (broad SMARTS) is 1. The zero-order valence-corrected chi connectivity index (χ0v) is 13.2. The van der Waals surface area contributed by atoms with Crippen molar-refractivity contribution in [3.05, 3.63) is 23.8 Å². The molecule has 6 nitrogen and oxygen atoms in total. The Hall–Kier alpha value is -2.24. The number of fused-ring (bicyclic) bond motifs is 1. The molecule has 1 aromatic carbocycles. The molecule has 6 heteroatoms. The summed E-state index contributed by atoms with van der Waals surface area (Å²) in [4.78, 5) is 25.5. The molecule has 1 N–H and O–H groups in total. The van der Waals surface area contributed by atoms with Gasteiger partial charge in [0.05, 0.1) is 12.5 Å². The highest BCUT2D eigenvalue weighted by Gasteiger charge is 2.38. The van der Waals surface area contributed by atoms with Gasteiger partial charge in [0.15, 0.2) is 11.5 Å². The summed E-state index contributed by atoms with van der Waals surface area (Å²) in [6.45, 7) is 3.24. The lowest BCUT2D eigenvalue weighted by molar-refractivity contribution is -0.150. The van der Waals surface area contributed by atoms with Gasteiger partial charge in [-0.15, -0.1) is 0 Å². The Morgan fingerprint density at radius 1 is 1.43 bits per heavy atom. The molecule has 124 valence electrons. The second kappa shape index (κ2) is 6.48. The van der Waals surface area contributed by atoms with Crippen molar-refractivity contribution in [2.45, 2.75) is 32.2 Å². The van der Waals surface area contributed by atoms with E-state index in [1.807, 2.05) is 25.1 Å². The molecule has 0 aromatic heterocycles. The van der Waals surface area contributed by atoms with Crippen molar-refractivity contribution in [2.75, 3.05) is 19.8 Å². The molecule has 1 fully saturated rings. The Bertz CT molecular complexity index is 615. The summed E-state index contributed by atoms with van der Waals surface area (Å²) in [5.74, 6) is 0.0170. The first-order chi connectivity index (χ1) is 11.1. The Kier molecular flexibility index (Phi) is 4.41. The van der Waals surface area contributed by atoms with Gasteiger partial charge in [-0.3, -0.25) is 4.79 Å². The number of aliphatic carboxylic acids is 1. The number of likely N-dealkylation sites (tertiary alicyclic amines) is 1. The smallest absolute Gasteiger partial charge is 0.326 e. The largest absolute Gasteiger partial charge is 0.490 e. The van der Waals surface area contributed by atoms with Crippen molar-refractivity contribution < 1.29 is 24.2 Å². The summed E-state index contributed by atoms with van der Waals surface area (Å²) < 4.78 is 11.3. The summed E-state index contributed by atoms with van der Waals surface area (Å²) in [7, 11) is 0. The lowest BCUT2D eigenvalue weighted by atomic mass is 9.95. The van der Waals surface area contributed by atoms with Gasteiger partial charge in [-0.2, -0.15) is 0 Å². The van der Waals surface area contributed by atoms with E-state index in [1.165, 1.54) is 4.90 Å². The molecule has 2 aliphatic heterocycles. The quantitative estimate of drug-likeness (QED) is 0.914. The van der Waals surface area contributed by atoms with Gasteiger partial charge in [0.1, 0.15) is 12.6 Å². The van der Waals surface area contributed by atoms with Gasteiger partial charge >= 0.3 is 5.97 Å². The van der Waals surface area contributed by atoms with E-state index in [0.29, 0.717) is 37.5 Å². The number of amides is 1. The topological polar surface area (TPSA) is 76.1 Å². The number of carbonyl (C=O) groups excluding carboxylic acids is 1. The van der Waals surface area contributed by atoms with Gasteiger partial charge in [-0.25, -0.2) is 4.79 Å². The predicted octanol–water partition coefficient (Wildman–Crippen LogP) is 1.71. The molecule has 1 saturated heterocycles. The number of rotatable bonds is 4. The normalized spacial score (nSPS) is 23.1. The van der Waals surface area contributed by atoms with E-state index in [9.17, 15) is 14.7 Å². The van der Waals surface area contributed by atoms with E-state index in [1.54, 1.807) is 0 Å². The van der Waals surface area contributed by atoms with Gasteiger partial charge in [0, 0.05) is 6.54 Å². The molecule has 23 heavy (non-hydrogen) atoms. The van der Waals surface area contributed by atoms with E-state index in [-0.39, 0.29) is 18.4 Å². The van der Waals surface area contributed by atoms with E-state index in [4.69, 9.17) is 9.47 Å². The maximum atomic E-state index is 12.7. The van der Waals surface area contributed by atoms with Crippen LogP contribution in [0.5, 0.6) is 11.5 Å². The van der Waals surface area contributed by atoms with Gasteiger partial charge in [-0.1, -0.05) is 12.1 Å². The first kappa shape index (κ1) is 15.6. The molecule has 0 unspecified atom stereocenters. The number of carboxylic acids is 1. The second-order valence-corrected chi connectivity index (χ2v) is 5.92. The summed E-state index contributed by atoms with van der Waals surface area (Å²) in [6, 6.07) is 4.97. The first-order valence-corrected chi connectivity index (χ1v) is 8.02. The standard InChI is InChI=1S/C17H21NO5/c1-2-22-14-7-3-5-11-9-12(10-23-15(11)14)16(19)18-8-4-6-13(18)17(20)21/h3,5,7,12-13H,2,4,6,8-10H2,1H3,(H,20,21)/t12-,13+/m0/s1. The van der Waals surface area contributed by atoms with Crippen LogP contribution in [0, 0.1) is 5.92 Å². The average molecular weight is 319 g/mol. The number of hydrogen-bond acceptors (Lipinski definition) is 4. The predicted molar refractivity (Wildman–Crippen MR) is 82.7 cm³/mol. The summed E-state index contributed by atoms with van der Waals surface area (Å²) in [5, 5.41) is 9.24. The Morgan fingerprint density at radius 2 is 2.26 bits per heavy atom. The highest BCUT2D eigenvalue weighted by Crippen LogP contribution is 2.37. The van der Waals surface area contributed by atoms with E-state index < -0.39 is 12.0 Å². The number of benzene rings is 1. The minimum atomic E-state index is -0.924. The van der Waals surface area contributed by atoms with Gasteiger partial charge in [-0.05, 0) is 37.8 Å². The highest BCUT2D eigenvalue weighted by atomic mass is 16.5. The Morgan fingerprint density at radius 3 is 3.00 bits per heavy atom. The van der Waals surface area contributed by atoms with Crippen molar-refractivity contribution >= 4 is 11.9 Å². The van der Waals surface area contributed by atoms with Crippen molar-refractivity contribution in [3.63, 3.8) is 0 Å². The SMILES string of the molecule is CCOc1cccc2c1OC[C@@H](C(=O)N1CCC[C@@H]1C(=O)O)C2. The van der Waals surface area contributed by atoms with Crippen LogP contribution >= 0.6 is 0 Å². The minimum absolute atomic E-state index is 0.123. The molecule has 2 atom stereocenters. The number of para-hydroxylation sites is 1. The summed E-state index contributed by atoms with van der Waals surface area (Å²) in [6.07, 6.45) is 1.82. The molecule has 2 aliphatic rings. The van der Waals surface area contributed by atoms with Crippen LogP contribution in [0.3, 0.4) is 0 Å². The zero-order valence-electron chi connectivity index (χ0n) is 13.2. The molecule has 0 radical (unpaired) electrons. The van der Waals surface area contributed by atoms with Crippen molar-refractivity contribution in [1.82, 2.24) is 4.90 Å². The van der Waals surface area contributed by atoms with Gasteiger partial charge in [0.25, 0.3) is 0 Å². The number of nitrogens with zero attached hydrogens (tertiary/aromatic N) is 1. The van der Waals surface area contributed by atoms with Gasteiger partial charge in [0.2, 0.25) is 5.91 Å². The molecule has 0 bridgehead atoms. The minimum Gasteiger partial charge on any atom is -0.490 e. The van der Waals surface area contributed by atoms with Crippen LogP contribution in [0.4, 0.5) is 0 Å². The number of hydrogen-bond donors (Lipinski definition) is 1. The third-order valence-electron chi connectivity index (χ3n) is 4.43. The third kappa shape index (κ3) is 2.98. The molecule has 2 heterocycles. The fourth-order valence-electron chi connectivity index (χ4n) is 3.34. The van der Waals surface area contributed by atoms with Crippen molar-refractivity contribution in [2.24, 2.45) is 5.92 Å². The first-order valence-electron chi connectivity index (χ1n) is 8.02.